The van der Waals surface area contributed by atoms with Gasteiger partial charge in [0.1, 0.15) is 13.2 Å². The number of hydrogen-bond acceptors (Lipinski definition) is 6. The number of carbonyl (C=O) groups excluding carboxylic acids is 3. The van der Waals surface area contributed by atoms with Crippen molar-refractivity contribution in [2.45, 2.75) is 290 Å². The van der Waals surface area contributed by atoms with E-state index in [9.17, 15) is 14.4 Å². The van der Waals surface area contributed by atoms with E-state index in [-0.39, 0.29) is 31.1 Å². The van der Waals surface area contributed by atoms with Crippen LogP contribution in [0.3, 0.4) is 0 Å². The Kier molecular flexibility index (Phi) is 56.8. The first kappa shape index (κ1) is 68.3. The van der Waals surface area contributed by atoms with Crippen LogP contribution in [0.25, 0.3) is 0 Å². The van der Waals surface area contributed by atoms with Crippen LogP contribution in [0.1, 0.15) is 284 Å². The number of ether oxygens (including phenoxy) is 3. The Labute approximate surface area is 445 Å². The van der Waals surface area contributed by atoms with Crippen LogP contribution in [0, 0.1) is 0 Å². The van der Waals surface area contributed by atoms with E-state index < -0.39 is 6.10 Å². The number of unbranched alkanes of at least 4 members (excludes halogenated alkanes) is 27. The first-order valence-corrected chi connectivity index (χ1v) is 30.2. The normalized spacial score (nSPS) is 12.8. The van der Waals surface area contributed by atoms with Crippen molar-refractivity contribution in [2.24, 2.45) is 0 Å². The molecular formula is C66H112O6. The lowest BCUT2D eigenvalue weighted by atomic mass is 10.1. The fraction of sp³-hybridized carbons (Fsp3) is 0.712. The molecule has 0 N–H and O–H groups in total. The van der Waals surface area contributed by atoms with Crippen molar-refractivity contribution < 1.29 is 28.6 Å². The molecule has 0 radical (unpaired) electrons. The number of allylic oxidation sites excluding steroid dienone is 16. The molecule has 6 nitrogen and oxygen atoms in total. The van der Waals surface area contributed by atoms with Gasteiger partial charge < -0.3 is 14.2 Å². The molecule has 0 aromatic carbocycles. The van der Waals surface area contributed by atoms with E-state index in [0.29, 0.717) is 19.3 Å². The second-order valence-corrected chi connectivity index (χ2v) is 19.9. The fourth-order valence-electron chi connectivity index (χ4n) is 8.27. The van der Waals surface area contributed by atoms with Crippen LogP contribution >= 0.6 is 0 Å². The van der Waals surface area contributed by atoms with Crippen molar-refractivity contribution in [3.8, 4) is 0 Å². The van der Waals surface area contributed by atoms with Crippen LogP contribution in [0.2, 0.25) is 0 Å². The molecule has 0 saturated heterocycles. The van der Waals surface area contributed by atoms with Gasteiger partial charge in [0.15, 0.2) is 6.10 Å². The average Bonchev–Trinajstić information content (AvgIpc) is 3.38. The summed E-state index contributed by atoms with van der Waals surface area (Å²) in [5.74, 6) is -0.913. The van der Waals surface area contributed by atoms with Crippen molar-refractivity contribution in [3.05, 3.63) is 97.2 Å². The molecule has 0 spiro atoms. The topological polar surface area (TPSA) is 78.9 Å². The summed E-state index contributed by atoms with van der Waals surface area (Å²) in [5.41, 5.74) is 0. The zero-order chi connectivity index (χ0) is 52.2. The van der Waals surface area contributed by atoms with Gasteiger partial charge in [-0.05, 0) is 116 Å². The molecule has 1 unspecified atom stereocenters. The predicted molar refractivity (Wildman–Crippen MR) is 311 cm³/mol. The van der Waals surface area contributed by atoms with Gasteiger partial charge in [0.2, 0.25) is 0 Å². The van der Waals surface area contributed by atoms with E-state index in [1.807, 2.05) is 0 Å². The van der Waals surface area contributed by atoms with Crippen molar-refractivity contribution in [3.63, 3.8) is 0 Å². The smallest absolute Gasteiger partial charge is 0.306 e. The number of rotatable bonds is 54. The highest BCUT2D eigenvalue weighted by molar-refractivity contribution is 5.71. The third-order valence-electron chi connectivity index (χ3n) is 12.8. The van der Waals surface area contributed by atoms with Gasteiger partial charge in [0.05, 0.1) is 0 Å². The highest BCUT2D eigenvalue weighted by atomic mass is 16.6. The maximum atomic E-state index is 12.9. The van der Waals surface area contributed by atoms with Crippen molar-refractivity contribution in [2.75, 3.05) is 13.2 Å². The molecule has 0 fully saturated rings. The summed E-state index contributed by atoms with van der Waals surface area (Å²) in [7, 11) is 0. The maximum Gasteiger partial charge on any atom is 0.306 e. The zero-order valence-electron chi connectivity index (χ0n) is 47.2. The van der Waals surface area contributed by atoms with Crippen LogP contribution in [-0.4, -0.2) is 37.2 Å². The summed E-state index contributed by atoms with van der Waals surface area (Å²) in [6.45, 7) is 6.44. The summed E-state index contributed by atoms with van der Waals surface area (Å²) in [6, 6.07) is 0. The Morgan fingerprint density at radius 1 is 0.292 bits per heavy atom. The molecule has 0 aromatic heterocycles. The molecule has 0 aliphatic rings. The minimum Gasteiger partial charge on any atom is -0.462 e. The molecular weight excluding hydrogens is 889 g/mol. The highest BCUT2D eigenvalue weighted by Crippen LogP contribution is 2.15. The Bertz CT molecular complexity index is 1430. The van der Waals surface area contributed by atoms with E-state index in [0.717, 1.165) is 128 Å². The third kappa shape index (κ3) is 57.2. The maximum absolute atomic E-state index is 12.9. The minimum absolute atomic E-state index is 0.0884. The summed E-state index contributed by atoms with van der Waals surface area (Å²) >= 11 is 0. The Morgan fingerprint density at radius 2 is 0.569 bits per heavy atom. The van der Waals surface area contributed by atoms with Crippen LogP contribution < -0.4 is 0 Å². The molecule has 0 heterocycles. The van der Waals surface area contributed by atoms with Crippen molar-refractivity contribution >= 4 is 17.9 Å². The summed E-state index contributed by atoms with van der Waals surface area (Å²) < 4.78 is 16.8. The molecule has 72 heavy (non-hydrogen) atoms. The number of carbonyl (C=O) groups is 3. The van der Waals surface area contributed by atoms with Crippen LogP contribution in [0.15, 0.2) is 97.2 Å². The van der Waals surface area contributed by atoms with Crippen molar-refractivity contribution in [1.29, 1.82) is 0 Å². The second kappa shape index (κ2) is 59.9. The predicted octanol–water partition coefficient (Wildman–Crippen LogP) is 20.5. The first-order chi connectivity index (χ1) is 35.5. The molecule has 0 rings (SSSR count). The molecule has 6 heteroatoms. The summed E-state index contributed by atoms with van der Waals surface area (Å²) in [6.07, 6.45) is 79.8. The Morgan fingerprint density at radius 3 is 0.917 bits per heavy atom. The van der Waals surface area contributed by atoms with Gasteiger partial charge in [0, 0.05) is 19.3 Å². The monoisotopic (exact) mass is 1000 g/mol. The Balaban J connectivity index is 4.30. The average molecular weight is 1000 g/mol. The zero-order valence-corrected chi connectivity index (χ0v) is 47.2. The molecule has 0 aliphatic carbocycles. The molecule has 0 bridgehead atoms. The largest absolute Gasteiger partial charge is 0.462 e. The Hall–Kier alpha value is -3.67. The van der Waals surface area contributed by atoms with E-state index in [1.54, 1.807) is 0 Å². The molecule has 412 valence electrons. The standard InChI is InChI=1S/C66H112O6/c1-4-7-10-13-16-19-22-24-26-28-30-31-32-33-34-35-37-38-40-42-44-47-50-53-56-59-65(68)71-62-63(61-70-64(67)58-55-52-49-46-21-18-15-12-9-6-3)72-66(69)60-57-54-51-48-45-43-41-39-36-29-27-25-23-20-17-14-11-8-5-2/h8,11-12,15,17,20,22,24-25,27-28,30,32-33,36,39,63H,4-7,9-10,13-14,16,18-19,21,23,26,29,31,34-35,37-38,40-62H2,1-3H3/b11-8-,15-12-,20-17-,24-22-,27-25-,30-28-,33-32-,39-36-. The molecule has 0 aromatic rings. The minimum atomic E-state index is -0.791. The van der Waals surface area contributed by atoms with Gasteiger partial charge in [-0.2, -0.15) is 0 Å². The fourth-order valence-corrected chi connectivity index (χ4v) is 8.27. The lowest BCUT2D eigenvalue weighted by Gasteiger charge is -2.18. The number of esters is 3. The van der Waals surface area contributed by atoms with Gasteiger partial charge in [-0.15, -0.1) is 0 Å². The first-order valence-electron chi connectivity index (χ1n) is 30.2. The van der Waals surface area contributed by atoms with Gasteiger partial charge in [-0.25, -0.2) is 0 Å². The van der Waals surface area contributed by atoms with Crippen LogP contribution in [0.4, 0.5) is 0 Å². The van der Waals surface area contributed by atoms with Crippen molar-refractivity contribution in [1.82, 2.24) is 0 Å². The molecule has 0 amide bonds. The second-order valence-electron chi connectivity index (χ2n) is 19.9. The van der Waals surface area contributed by atoms with Gasteiger partial charge in [-0.1, -0.05) is 246 Å². The molecule has 0 saturated carbocycles. The van der Waals surface area contributed by atoms with Gasteiger partial charge >= 0.3 is 17.9 Å². The van der Waals surface area contributed by atoms with E-state index in [1.165, 1.54) is 116 Å². The van der Waals surface area contributed by atoms with E-state index >= 15 is 0 Å². The number of hydrogen-bond donors (Lipinski definition) is 0. The summed E-state index contributed by atoms with van der Waals surface area (Å²) in [5, 5.41) is 0. The SMILES string of the molecule is CC/C=C\C/C=C\C/C=C\C/C=C\CCCCCCCCC(=O)OC(COC(=O)CCCCCCC/C=C\CCC)COC(=O)CCCCCCCCCCCC/C=C\C/C=C\C/C=C\CCCCCCC. The summed E-state index contributed by atoms with van der Waals surface area (Å²) in [4.78, 5) is 38.1. The van der Waals surface area contributed by atoms with Gasteiger partial charge in [-0.3, -0.25) is 14.4 Å². The van der Waals surface area contributed by atoms with E-state index in [2.05, 4.69) is 118 Å². The lowest BCUT2D eigenvalue weighted by Crippen LogP contribution is -2.30. The van der Waals surface area contributed by atoms with Gasteiger partial charge in [0.25, 0.3) is 0 Å². The molecule has 0 aliphatic heterocycles. The quantitative estimate of drug-likeness (QED) is 0.0261. The molecule has 1 atom stereocenters. The highest BCUT2D eigenvalue weighted by Gasteiger charge is 2.19. The van der Waals surface area contributed by atoms with E-state index in [4.69, 9.17) is 14.2 Å². The lowest BCUT2D eigenvalue weighted by molar-refractivity contribution is -0.167. The third-order valence-corrected chi connectivity index (χ3v) is 12.8. The van der Waals surface area contributed by atoms with Crippen LogP contribution in [-0.2, 0) is 28.6 Å². The van der Waals surface area contributed by atoms with Crippen LogP contribution in [0.5, 0.6) is 0 Å².